The Balaban J connectivity index is 1.53. The van der Waals surface area contributed by atoms with Crippen LogP contribution in [0.4, 0.5) is 0 Å². The van der Waals surface area contributed by atoms with E-state index in [2.05, 4.69) is 20.9 Å². The molecule has 2 aliphatic rings. The number of ether oxygens (including phenoxy) is 2. The van der Waals surface area contributed by atoms with E-state index in [1.165, 1.54) is 29.9 Å². The Hall–Kier alpha value is -2.01. The van der Waals surface area contributed by atoms with Crippen LogP contribution in [-0.4, -0.2) is 23.3 Å². The summed E-state index contributed by atoms with van der Waals surface area (Å²) in [4.78, 5) is 4.59. The molecule has 0 saturated heterocycles. The maximum atomic E-state index is 5.89. The van der Waals surface area contributed by atoms with Gasteiger partial charge in [-0.05, 0) is 43.9 Å². The first-order valence-corrected chi connectivity index (χ1v) is 8.92. The van der Waals surface area contributed by atoms with Gasteiger partial charge in [0.1, 0.15) is 17.3 Å². The number of hydrogen-bond donors (Lipinski definition) is 1. The van der Waals surface area contributed by atoms with Crippen molar-refractivity contribution >= 4 is 0 Å². The molecule has 5 nitrogen and oxygen atoms in total. The maximum Gasteiger partial charge on any atom is 0.124 e. The van der Waals surface area contributed by atoms with E-state index in [0.29, 0.717) is 0 Å². The molecule has 128 valence electrons. The Bertz CT molecular complexity index is 711. The van der Waals surface area contributed by atoms with Crippen LogP contribution in [0.1, 0.15) is 48.8 Å². The van der Waals surface area contributed by atoms with Crippen molar-refractivity contribution in [3.8, 4) is 11.5 Å². The van der Waals surface area contributed by atoms with Gasteiger partial charge in [0.15, 0.2) is 0 Å². The third-order valence-electron chi connectivity index (χ3n) is 5.07. The lowest BCUT2D eigenvalue weighted by Crippen LogP contribution is -2.23. The number of nitrogens with zero attached hydrogens (tertiary/aromatic N) is 2. The topological polar surface area (TPSA) is 48.3 Å². The minimum Gasteiger partial charge on any atom is -0.497 e. The highest BCUT2D eigenvalue weighted by molar-refractivity contribution is 5.42. The summed E-state index contributed by atoms with van der Waals surface area (Å²) in [6, 6.07) is 6.38. The average molecular weight is 327 g/mol. The van der Waals surface area contributed by atoms with E-state index < -0.39 is 0 Å². The molecule has 0 aliphatic carbocycles. The highest BCUT2D eigenvalue weighted by Crippen LogP contribution is 2.34. The van der Waals surface area contributed by atoms with E-state index in [9.17, 15) is 0 Å². The van der Waals surface area contributed by atoms with E-state index in [1.54, 1.807) is 7.11 Å². The number of imidazole rings is 1. The summed E-state index contributed by atoms with van der Waals surface area (Å²) in [5.74, 6) is 3.10. The van der Waals surface area contributed by atoms with Gasteiger partial charge < -0.3 is 19.4 Å². The van der Waals surface area contributed by atoms with Gasteiger partial charge in [-0.15, -0.1) is 0 Å². The molecular weight excluding hydrogens is 302 g/mol. The summed E-state index contributed by atoms with van der Waals surface area (Å²) < 4.78 is 13.7. The molecule has 0 saturated carbocycles. The van der Waals surface area contributed by atoms with Crippen molar-refractivity contribution < 1.29 is 9.47 Å². The fourth-order valence-electron chi connectivity index (χ4n) is 3.74. The first-order chi connectivity index (χ1) is 11.8. The molecule has 0 radical (unpaired) electrons. The van der Waals surface area contributed by atoms with Crippen LogP contribution in [0.2, 0.25) is 0 Å². The fraction of sp³-hybridized carbons (Fsp3) is 0.526. The van der Waals surface area contributed by atoms with Gasteiger partial charge >= 0.3 is 0 Å². The lowest BCUT2D eigenvalue weighted by Gasteiger charge is -2.21. The first kappa shape index (κ1) is 15.5. The van der Waals surface area contributed by atoms with Crippen molar-refractivity contribution in [3.63, 3.8) is 0 Å². The molecule has 1 aromatic carbocycles. The van der Waals surface area contributed by atoms with Crippen LogP contribution in [-0.2, 0) is 19.5 Å². The largest absolute Gasteiger partial charge is 0.497 e. The number of fused-ring (bicyclic) bond motifs is 2. The molecule has 0 bridgehead atoms. The van der Waals surface area contributed by atoms with Crippen LogP contribution in [0.15, 0.2) is 24.4 Å². The van der Waals surface area contributed by atoms with Gasteiger partial charge in [-0.3, -0.25) is 0 Å². The Morgan fingerprint density at radius 1 is 1.33 bits per heavy atom. The Labute approximate surface area is 143 Å². The van der Waals surface area contributed by atoms with Gasteiger partial charge in [0.2, 0.25) is 0 Å². The highest BCUT2D eigenvalue weighted by atomic mass is 16.5. The summed E-state index contributed by atoms with van der Waals surface area (Å²) in [7, 11) is 1.71. The molecule has 1 unspecified atom stereocenters. The number of benzene rings is 1. The molecule has 0 spiro atoms. The van der Waals surface area contributed by atoms with Gasteiger partial charge in [0.05, 0.1) is 19.4 Å². The van der Waals surface area contributed by atoms with E-state index >= 15 is 0 Å². The minimum absolute atomic E-state index is 0.285. The second-order valence-corrected chi connectivity index (χ2v) is 6.60. The van der Waals surface area contributed by atoms with Crippen LogP contribution >= 0.6 is 0 Å². The van der Waals surface area contributed by atoms with Crippen LogP contribution in [0.25, 0.3) is 0 Å². The van der Waals surface area contributed by atoms with Crippen molar-refractivity contribution in [2.75, 3.05) is 13.7 Å². The molecule has 3 heterocycles. The minimum atomic E-state index is 0.285. The molecule has 2 aromatic rings. The fourth-order valence-corrected chi connectivity index (χ4v) is 3.74. The normalized spacial score (nSPS) is 19.8. The third kappa shape index (κ3) is 3.00. The van der Waals surface area contributed by atoms with Crippen LogP contribution in [0.3, 0.4) is 0 Å². The molecular formula is C19H25N3O2. The molecule has 5 heteroatoms. The predicted molar refractivity (Wildman–Crippen MR) is 92.5 cm³/mol. The molecule has 24 heavy (non-hydrogen) atoms. The van der Waals surface area contributed by atoms with Crippen molar-refractivity contribution in [2.24, 2.45) is 0 Å². The van der Waals surface area contributed by atoms with Crippen molar-refractivity contribution in [3.05, 3.63) is 41.5 Å². The molecule has 1 aromatic heterocycles. The number of aryl methyl sites for hydroxylation is 1. The number of nitrogens with one attached hydrogen (secondary N) is 1. The second-order valence-electron chi connectivity index (χ2n) is 6.60. The third-order valence-corrected chi connectivity index (χ3v) is 5.07. The molecule has 0 fully saturated rings. The quantitative estimate of drug-likeness (QED) is 0.936. The average Bonchev–Trinajstić information content (AvgIpc) is 2.93. The van der Waals surface area contributed by atoms with Crippen molar-refractivity contribution in [1.29, 1.82) is 0 Å². The number of hydrogen-bond acceptors (Lipinski definition) is 4. The van der Waals surface area contributed by atoms with E-state index in [0.717, 1.165) is 50.5 Å². The second kappa shape index (κ2) is 6.85. The van der Waals surface area contributed by atoms with Crippen LogP contribution < -0.4 is 14.8 Å². The predicted octanol–water partition coefficient (Wildman–Crippen LogP) is 3.23. The summed E-state index contributed by atoms with van der Waals surface area (Å²) in [5.41, 5.74) is 2.49. The monoisotopic (exact) mass is 327 g/mol. The van der Waals surface area contributed by atoms with Crippen molar-refractivity contribution in [2.45, 2.75) is 51.2 Å². The highest BCUT2D eigenvalue weighted by Gasteiger charge is 2.21. The lowest BCUT2D eigenvalue weighted by molar-refractivity contribution is 0.314. The van der Waals surface area contributed by atoms with Gasteiger partial charge in [0.25, 0.3) is 0 Å². The molecule has 0 amide bonds. The van der Waals surface area contributed by atoms with Crippen molar-refractivity contribution in [1.82, 2.24) is 14.9 Å². The van der Waals surface area contributed by atoms with E-state index in [1.807, 2.05) is 18.3 Å². The number of rotatable bonds is 4. The Morgan fingerprint density at radius 3 is 3.21 bits per heavy atom. The van der Waals surface area contributed by atoms with Gasteiger partial charge in [-0.2, -0.15) is 0 Å². The van der Waals surface area contributed by atoms with Gasteiger partial charge in [0, 0.05) is 37.3 Å². The molecule has 1 atom stereocenters. The zero-order chi connectivity index (χ0) is 16.4. The Morgan fingerprint density at radius 2 is 2.29 bits per heavy atom. The Kier molecular flexibility index (Phi) is 4.43. The van der Waals surface area contributed by atoms with E-state index in [-0.39, 0.29) is 6.04 Å². The standard InChI is InChI=1S/C19H25N3O2/c1-23-15-7-8-18-16(11-15)17(5-4-10-24-18)20-12-14-13-21-19-6-2-3-9-22(14)19/h7-8,11,13,17,20H,2-6,9-10,12H2,1H3. The molecule has 2 aliphatic heterocycles. The van der Waals surface area contributed by atoms with Gasteiger partial charge in [-0.25, -0.2) is 4.98 Å². The van der Waals surface area contributed by atoms with Crippen LogP contribution in [0.5, 0.6) is 11.5 Å². The zero-order valence-corrected chi connectivity index (χ0v) is 14.3. The lowest BCUT2D eigenvalue weighted by atomic mass is 10.0. The number of aromatic nitrogens is 2. The van der Waals surface area contributed by atoms with Crippen LogP contribution in [0, 0.1) is 0 Å². The van der Waals surface area contributed by atoms with Gasteiger partial charge in [-0.1, -0.05) is 0 Å². The summed E-state index contributed by atoms with van der Waals surface area (Å²) >= 11 is 0. The maximum absolute atomic E-state index is 5.89. The summed E-state index contributed by atoms with van der Waals surface area (Å²) in [5, 5.41) is 3.73. The smallest absolute Gasteiger partial charge is 0.124 e. The first-order valence-electron chi connectivity index (χ1n) is 8.92. The SMILES string of the molecule is COc1ccc2c(c1)C(NCc1cnc3n1CCCC3)CCCO2. The van der Waals surface area contributed by atoms with E-state index in [4.69, 9.17) is 9.47 Å². The number of methoxy groups -OCH3 is 1. The molecule has 4 rings (SSSR count). The summed E-state index contributed by atoms with van der Waals surface area (Å²) in [6.45, 7) is 2.72. The summed E-state index contributed by atoms with van der Waals surface area (Å²) in [6.07, 6.45) is 7.79. The molecule has 1 N–H and O–H groups in total. The zero-order valence-electron chi connectivity index (χ0n) is 14.3.